The monoisotopic (exact) mass is 288 g/mol. The number of aryl methyl sites for hydroxylation is 1. The van der Waals surface area contributed by atoms with Crippen LogP contribution in [-0.4, -0.2) is 23.1 Å². The minimum Gasteiger partial charge on any atom is -0.354 e. The van der Waals surface area contributed by atoms with Crippen molar-refractivity contribution in [3.05, 3.63) is 41.8 Å². The molecule has 0 aliphatic heterocycles. The Kier molecular flexibility index (Phi) is 5.09. The third-order valence-electron chi connectivity index (χ3n) is 3.09. The molecule has 0 aliphatic carbocycles. The lowest BCUT2D eigenvalue weighted by atomic mass is 10.2. The van der Waals surface area contributed by atoms with Crippen molar-refractivity contribution in [3.63, 3.8) is 0 Å². The standard InChI is InChI=1S/C16H21FN4/c1-4-9-18-16-19-12(3)10-15(20-16)21(5-2)14-8-6-7-13(17)11-14/h6-8,10-11H,4-5,9H2,1-3H3,(H,18,19,20). The van der Waals surface area contributed by atoms with E-state index in [0.717, 1.165) is 30.2 Å². The van der Waals surface area contributed by atoms with Crippen LogP contribution in [0.25, 0.3) is 0 Å². The van der Waals surface area contributed by atoms with E-state index < -0.39 is 0 Å². The normalized spacial score (nSPS) is 10.5. The quantitative estimate of drug-likeness (QED) is 0.875. The van der Waals surface area contributed by atoms with Gasteiger partial charge in [-0.3, -0.25) is 0 Å². The number of halogens is 1. The fourth-order valence-electron chi connectivity index (χ4n) is 2.13. The Balaban J connectivity index is 2.35. The van der Waals surface area contributed by atoms with Gasteiger partial charge in [0, 0.05) is 30.5 Å². The van der Waals surface area contributed by atoms with Crippen LogP contribution in [0.2, 0.25) is 0 Å². The summed E-state index contributed by atoms with van der Waals surface area (Å²) >= 11 is 0. The molecule has 1 aromatic carbocycles. The smallest absolute Gasteiger partial charge is 0.224 e. The van der Waals surface area contributed by atoms with Crippen LogP contribution in [0.3, 0.4) is 0 Å². The van der Waals surface area contributed by atoms with E-state index >= 15 is 0 Å². The summed E-state index contributed by atoms with van der Waals surface area (Å²) in [6.07, 6.45) is 1.01. The molecule has 1 N–H and O–H groups in total. The SMILES string of the molecule is CCCNc1nc(C)cc(N(CC)c2cccc(F)c2)n1. The van der Waals surface area contributed by atoms with Crippen molar-refractivity contribution in [2.75, 3.05) is 23.3 Å². The van der Waals surface area contributed by atoms with Crippen molar-refractivity contribution in [2.45, 2.75) is 27.2 Å². The molecule has 0 fully saturated rings. The van der Waals surface area contributed by atoms with E-state index in [1.807, 2.05) is 30.9 Å². The van der Waals surface area contributed by atoms with Gasteiger partial charge in [0.2, 0.25) is 5.95 Å². The first-order valence-corrected chi connectivity index (χ1v) is 7.26. The minimum absolute atomic E-state index is 0.249. The summed E-state index contributed by atoms with van der Waals surface area (Å²) in [4.78, 5) is 10.9. The first-order valence-electron chi connectivity index (χ1n) is 7.26. The number of nitrogens with zero attached hydrogens (tertiary/aromatic N) is 3. The molecule has 0 radical (unpaired) electrons. The fourth-order valence-corrected chi connectivity index (χ4v) is 2.13. The predicted molar refractivity (Wildman–Crippen MR) is 84.6 cm³/mol. The van der Waals surface area contributed by atoms with Crippen molar-refractivity contribution in [1.29, 1.82) is 0 Å². The molecule has 5 heteroatoms. The molecule has 2 aromatic rings. The molecular weight excluding hydrogens is 267 g/mol. The number of rotatable bonds is 6. The van der Waals surface area contributed by atoms with E-state index in [4.69, 9.17) is 0 Å². The molecule has 0 bridgehead atoms. The first kappa shape index (κ1) is 15.2. The van der Waals surface area contributed by atoms with Gasteiger partial charge in [-0.1, -0.05) is 13.0 Å². The highest BCUT2D eigenvalue weighted by Crippen LogP contribution is 2.25. The van der Waals surface area contributed by atoms with Crippen LogP contribution >= 0.6 is 0 Å². The molecule has 112 valence electrons. The zero-order chi connectivity index (χ0) is 15.2. The van der Waals surface area contributed by atoms with Gasteiger partial charge in [-0.2, -0.15) is 4.98 Å². The first-order chi connectivity index (χ1) is 10.1. The van der Waals surface area contributed by atoms with Gasteiger partial charge in [0.25, 0.3) is 0 Å². The number of aromatic nitrogens is 2. The largest absolute Gasteiger partial charge is 0.354 e. The highest BCUT2D eigenvalue weighted by molar-refractivity contribution is 5.61. The summed E-state index contributed by atoms with van der Waals surface area (Å²) < 4.78 is 13.4. The molecule has 0 aliphatic rings. The Morgan fingerprint density at radius 1 is 1.19 bits per heavy atom. The van der Waals surface area contributed by atoms with Crippen LogP contribution in [0.1, 0.15) is 26.0 Å². The number of hydrogen-bond donors (Lipinski definition) is 1. The van der Waals surface area contributed by atoms with Gasteiger partial charge >= 0.3 is 0 Å². The summed E-state index contributed by atoms with van der Waals surface area (Å²) in [6, 6.07) is 8.45. The molecule has 0 amide bonds. The highest BCUT2D eigenvalue weighted by atomic mass is 19.1. The summed E-state index contributed by atoms with van der Waals surface area (Å²) in [5.74, 6) is 1.14. The maximum atomic E-state index is 13.4. The number of anilines is 3. The minimum atomic E-state index is -0.249. The second-order valence-corrected chi connectivity index (χ2v) is 4.84. The Hall–Kier alpha value is -2.17. The van der Waals surface area contributed by atoms with Gasteiger partial charge in [-0.05, 0) is 38.5 Å². The molecule has 0 saturated carbocycles. The number of benzene rings is 1. The van der Waals surface area contributed by atoms with Gasteiger partial charge in [-0.15, -0.1) is 0 Å². The van der Waals surface area contributed by atoms with E-state index in [1.54, 1.807) is 6.07 Å². The Morgan fingerprint density at radius 2 is 2.00 bits per heavy atom. The van der Waals surface area contributed by atoms with Gasteiger partial charge in [0.15, 0.2) is 0 Å². The predicted octanol–water partition coefficient (Wildman–Crippen LogP) is 3.90. The van der Waals surface area contributed by atoms with E-state index in [0.29, 0.717) is 12.5 Å². The van der Waals surface area contributed by atoms with Crippen LogP contribution in [0.5, 0.6) is 0 Å². The molecular formula is C16H21FN4. The molecule has 1 aromatic heterocycles. The highest BCUT2D eigenvalue weighted by Gasteiger charge is 2.11. The Bertz CT molecular complexity index is 601. The fraction of sp³-hybridized carbons (Fsp3) is 0.375. The van der Waals surface area contributed by atoms with Crippen LogP contribution in [0.4, 0.5) is 21.8 Å². The maximum absolute atomic E-state index is 13.4. The lowest BCUT2D eigenvalue weighted by Gasteiger charge is -2.23. The third kappa shape index (κ3) is 3.90. The van der Waals surface area contributed by atoms with Crippen molar-refractivity contribution >= 4 is 17.5 Å². The van der Waals surface area contributed by atoms with Gasteiger partial charge in [0.05, 0.1) is 0 Å². The van der Waals surface area contributed by atoms with E-state index in [-0.39, 0.29) is 5.82 Å². The van der Waals surface area contributed by atoms with Crippen LogP contribution in [0, 0.1) is 12.7 Å². The Labute approximate surface area is 125 Å². The van der Waals surface area contributed by atoms with Crippen molar-refractivity contribution in [1.82, 2.24) is 9.97 Å². The van der Waals surface area contributed by atoms with E-state index in [1.165, 1.54) is 12.1 Å². The molecule has 1 heterocycles. The zero-order valence-electron chi connectivity index (χ0n) is 12.7. The van der Waals surface area contributed by atoms with Crippen LogP contribution < -0.4 is 10.2 Å². The summed E-state index contributed by atoms with van der Waals surface area (Å²) in [6.45, 7) is 7.57. The summed E-state index contributed by atoms with van der Waals surface area (Å²) in [7, 11) is 0. The zero-order valence-corrected chi connectivity index (χ0v) is 12.7. The average Bonchev–Trinajstić information content (AvgIpc) is 2.45. The maximum Gasteiger partial charge on any atom is 0.224 e. The van der Waals surface area contributed by atoms with Crippen LogP contribution in [0.15, 0.2) is 30.3 Å². The van der Waals surface area contributed by atoms with Gasteiger partial charge in [0.1, 0.15) is 11.6 Å². The molecule has 0 atom stereocenters. The van der Waals surface area contributed by atoms with Crippen molar-refractivity contribution in [2.24, 2.45) is 0 Å². The van der Waals surface area contributed by atoms with Crippen LogP contribution in [-0.2, 0) is 0 Å². The Morgan fingerprint density at radius 3 is 2.67 bits per heavy atom. The molecule has 2 rings (SSSR count). The number of hydrogen-bond acceptors (Lipinski definition) is 4. The second-order valence-electron chi connectivity index (χ2n) is 4.84. The second kappa shape index (κ2) is 7.02. The summed E-state index contributed by atoms with van der Waals surface area (Å²) in [5.41, 5.74) is 1.67. The van der Waals surface area contributed by atoms with Gasteiger partial charge in [-0.25, -0.2) is 9.37 Å². The van der Waals surface area contributed by atoms with E-state index in [9.17, 15) is 4.39 Å². The molecule has 0 saturated heterocycles. The number of nitrogens with one attached hydrogen (secondary N) is 1. The third-order valence-corrected chi connectivity index (χ3v) is 3.09. The average molecular weight is 288 g/mol. The van der Waals surface area contributed by atoms with E-state index in [2.05, 4.69) is 22.2 Å². The topological polar surface area (TPSA) is 41.1 Å². The lowest BCUT2D eigenvalue weighted by molar-refractivity contribution is 0.627. The van der Waals surface area contributed by atoms with Crippen molar-refractivity contribution < 1.29 is 4.39 Å². The molecule has 4 nitrogen and oxygen atoms in total. The van der Waals surface area contributed by atoms with Crippen molar-refractivity contribution in [3.8, 4) is 0 Å². The molecule has 0 unspecified atom stereocenters. The molecule has 21 heavy (non-hydrogen) atoms. The lowest BCUT2D eigenvalue weighted by Crippen LogP contribution is -2.19. The molecule has 0 spiro atoms. The summed E-state index contributed by atoms with van der Waals surface area (Å²) in [5, 5.41) is 3.19. The van der Waals surface area contributed by atoms with Gasteiger partial charge < -0.3 is 10.2 Å².